The minimum atomic E-state index is -0.526. The number of amides is 2. The first kappa shape index (κ1) is 15.0. The van der Waals surface area contributed by atoms with Crippen LogP contribution in [-0.4, -0.2) is 17.8 Å². The van der Waals surface area contributed by atoms with Crippen molar-refractivity contribution in [2.45, 2.75) is 32.8 Å². The Morgan fingerprint density at radius 3 is 2.67 bits per heavy atom. The Bertz CT molecular complexity index is 604. The lowest BCUT2D eigenvalue weighted by Crippen LogP contribution is -2.23. The van der Waals surface area contributed by atoms with Crippen LogP contribution in [0.1, 0.15) is 30.9 Å². The van der Waals surface area contributed by atoms with Crippen molar-refractivity contribution < 1.29 is 19.1 Å². The smallest absolute Gasteiger partial charge is 0.310 e. The lowest BCUT2D eigenvalue weighted by molar-refractivity contribution is -0.144. The first-order valence-electron chi connectivity index (χ1n) is 6.88. The third-order valence-corrected chi connectivity index (χ3v) is 3.10. The predicted molar refractivity (Wildman–Crippen MR) is 76.1 cm³/mol. The van der Waals surface area contributed by atoms with E-state index >= 15 is 0 Å². The van der Waals surface area contributed by atoms with E-state index in [4.69, 9.17) is 4.74 Å². The standard InChI is InChI=1S/C16H17NO4/c1-2-4-11-5-3-6-12(7-11)10-21-15(19)9-13-8-14(18)17-16(13)20/h3,5-8H,2,4,9-10H2,1H3,(H,17,18,20). The zero-order chi connectivity index (χ0) is 15.2. The minimum absolute atomic E-state index is 0.143. The number of imide groups is 1. The molecular weight excluding hydrogens is 270 g/mol. The molecule has 1 heterocycles. The van der Waals surface area contributed by atoms with E-state index in [9.17, 15) is 14.4 Å². The number of hydrogen-bond donors (Lipinski definition) is 1. The Balaban J connectivity index is 1.87. The quantitative estimate of drug-likeness (QED) is 0.638. The van der Waals surface area contributed by atoms with Crippen molar-refractivity contribution in [1.29, 1.82) is 0 Å². The highest BCUT2D eigenvalue weighted by atomic mass is 16.5. The van der Waals surface area contributed by atoms with E-state index in [1.807, 2.05) is 24.3 Å². The number of hydrogen-bond acceptors (Lipinski definition) is 4. The van der Waals surface area contributed by atoms with Gasteiger partial charge in [-0.1, -0.05) is 37.6 Å². The maximum absolute atomic E-state index is 11.7. The molecule has 0 saturated heterocycles. The highest BCUT2D eigenvalue weighted by molar-refractivity contribution is 6.17. The molecule has 1 N–H and O–H groups in total. The lowest BCUT2D eigenvalue weighted by Gasteiger charge is -2.06. The molecule has 1 aliphatic heterocycles. The molecule has 1 aliphatic rings. The molecule has 2 amide bonds. The van der Waals surface area contributed by atoms with Crippen LogP contribution in [0, 0.1) is 0 Å². The molecule has 0 atom stereocenters. The number of ether oxygens (including phenoxy) is 1. The van der Waals surface area contributed by atoms with E-state index in [1.54, 1.807) is 0 Å². The van der Waals surface area contributed by atoms with Gasteiger partial charge >= 0.3 is 5.97 Å². The topological polar surface area (TPSA) is 72.5 Å². The summed E-state index contributed by atoms with van der Waals surface area (Å²) < 4.78 is 5.14. The molecule has 0 aliphatic carbocycles. The van der Waals surface area contributed by atoms with Crippen LogP contribution in [0.3, 0.4) is 0 Å². The van der Waals surface area contributed by atoms with Gasteiger partial charge in [-0.15, -0.1) is 0 Å². The molecule has 5 heteroatoms. The van der Waals surface area contributed by atoms with Gasteiger partial charge in [-0.2, -0.15) is 0 Å². The molecule has 0 unspecified atom stereocenters. The van der Waals surface area contributed by atoms with Gasteiger partial charge in [-0.05, 0) is 17.5 Å². The molecule has 0 saturated carbocycles. The molecule has 0 aromatic heterocycles. The van der Waals surface area contributed by atoms with Crippen molar-refractivity contribution in [2.24, 2.45) is 0 Å². The number of carbonyl (C=O) groups excluding carboxylic acids is 3. The minimum Gasteiger partial charge on any atom is -0.461 e. The summed E-state index contributed by atoms with van der Waals surface area (Å²) in [5.74, 6) is -1.54. The number of aryl methyl sites for hydroxylation is 1. The summed E-state index contributed by atoms with van der Waals surface area (Å²) in [5, 5.41) is 2.09. The Morgan fingerprint density at radius 1 is 1.24 bits per heavy atom. The Morgan fingerprint density at radius 2 is 2.00 bits per heavy atom. The number of rotatable bonds is 6. The SMILES string of the molecule is CCCc1cccc(COC(=O)CC2=CC(=O)NC2=O)c1. The van der Waals surface area contributed by atoms with Gasteiger partial charge in [-0.25, -0.2) is 0 Å². The average molecular weight is 287 g/mol. The summed E-state index contributed by atoms with van der Waals surface area (Å²) >= 11 is 0. The van der Waals surface area contributed by atoms with E-state index in [2.05, 4.69) is 12.2 Å². The lowest BCUT2D eigenvalue weighted by atomic mass is 10.1. The second-order valence-corrected chi connectivity index (χ2v) is 4.90. The molecule has 0 radical (unpaired) electrons. The molecule has 0 fully saturated rings. The van der Waals surface area contributed by atoms with Crippen molar-refractivity contribution in [1.82, 2.24) is 5.32 Å². The molecule has 21 heavy (non-hydrogen) atoms. The fraction of sp³-hybridized carbons (Fsp3) is 0.312. The van der Waals surface area contributed by atoms with Crippen molar-refractivity contribution in [3.63, 3.8) is 0 Å². The van der Waals surface area contributed by atoms with Gasteiger partial charge < -0.3 is 4.74 Å². The van der Waals surface area contributed by atoms with E-state index in [0.29, 0.717) is 0 Å². The Hall–Kier alpha value is -2.43. The summed E-state index contributed by atoms with van der Waals surface area (Å²) in [4.78, 5) is 33.9. The van der Waals surface area contributed by atoms with E-state index in [1.165, 1.54) is 5.56 Å². The Kier molecular flexibility index (Phi) is 4.87. The number of nitrogens with one attached hydrogen (secondary N) is 1. The summed E-state index contributed by atoms with van der Waals surface area (Å²) in [6, 6.07) is 7.85. The number of esters is 1. The second-order valence-electron chi connectivity index (χ2n) is 4.90. The van der Waals surface area contributed by atoms with Crippen molar-refractivity contribution in [2.75, 3.05) is 0 Å². The monoisotopic (exact) mass is 287 g/mol. The molecule has 1 aromatic rings. The fourth-order valence-electron chi connectivity index (χ4n) is 2.12. The third kappa shape index (κ3) is 4.27. The van der Waals surface area contributed by atoms with Crippen LogP contribution in [-0.2, 0) is 32.1 Å². The first-order chi connectivity index (χ1) is 10.1. The highest BCUT2D eigenvalue weighted by Gasteiger charge is 2.23. The molecule has 2 rings (SSSR count). The zero-order valence-corrected chi connectivity index (χ0v) is 11.8. The predicted octanol–water partition coefficient (Wildman–Crippen LogP) is 1.66. The van der Waals surface area contributed by atoms with Crippen LogP contribution in [0.15, 0.2) is 35.9 Å². The van der Waals surface area contributed by atoms with Gasteiger partial charge in [-0.3, -0.25) is 19.7 Å². The van der Waals surface area contributed by atoms with Crippen LogP contribution in [0.5, 0.6) is 0 Å². The van der Waals surface area contributed by atoms with Crippen LogP contribution in [0.25, 0.3) is 0 Å². The van der Waals surface area contributed by atoms with Gasteiger partial charge in [0.1, 0.15) is 6.61 Å². The molecule has 5 nitrogen and oxygen atoms in total. The van der Waals surface area contributed by atoms with Crippen LogP contribution < -0.4 is 5.32 Å². The summed E-state index contributed by atoms with van der Waals surface area (Å²) in [6.45, 7) is 2.27. The Labute approximate surface area is 123 Å². The van der Waals surface area contributed by atoms with Gasteiger partial charge in [0.25, 0.3) is 11.8 Å². The van der Waals surface area contributed by atoms with Gasteiger partial charge in [0.15, 0.2) is 0 Å². The van der Waals surface area contributed by atoms with E-state index < -0.39 is 17.8 Å². The van der Waals surface area contributed by atoms with Crippen LogP contribution in [0.4, 0.5) is 0 Å². The summed E-state index contributed by atoms with van der Waals surface area (Å²) in [6.07, 6.45) is 2.98. The van der Waals surface area contributed by atoms with Crippen LogP contribution in [0.2, 0.25) is 0 Å². The van der Waals surface area contributed by atoms with Gasteiger partial charge in [0, 0.05) is 11.6 Å². The second kappa shape index (κ2) is 6.83. The fourth-order valence-corrected chi connectivity index (χ4v) is 2.12. The average Bonchev–Trinajstić information content (AvgIpc) is 2.75. The largest absolute Gasteiger partial charge is 0.461 e. The van der Waals surface area contributed by atoms with E-state index in [0.717, 1.165) is 24.5 Å². The molecule has 1 aromatic carbocycles. The molecule has 110 valence electrons. The maximum Gasteiger partial charge on any atom is 0.310 e. The van der Waals surface area contributed by atoms with Crippen molar-refractivity contribution in [3.05, 3.63) is 47.0 Å². The van der Waals surface area contributed by atoms with E-state index in [-0.39, 0.29) is 18.6 Å². The summed E-state index contributed by atoms with van der Waals surface area (Å²) in [5.41, 5.74) is 2.26. The van der Waals surface area contributed by atoms with Crippen LogP contribution >= 0.6 is 0 Å². The molecular formula is C16H17NO4. The maximum atomic E-state index is 11.7. The van der Waals surface area contributed by atoms with Gasteiger partial charge in [0.05, 0.1) is 6.42 Å². The number of carbonyl (C=O) groups is 3. The van der Waals surface area contributed by atoms with Gasteiger partial charge in [0.2, 0.25) is 0 Å². The van der Waals surface area contributed by atoms with Crippen molar-refractivity contribution in [3.8, 4) is 0 Å². The zero-order valence-electron chi connectivity index (χ0n) is 11.8. The van der Waals surface area contributed by atoms with Crippen molar-refractivity contribution >= 4 is 17.8 Å². The normalized spacial score (nSPS) is 13.9. The highest BCUT2D eigenvalue weighted by Crippen LogP contribution is 2.12. The first-order valence-corrected chi connectivity index (χ1v) is 6.88. The summed E-state index contributed by atoms with van der Waals surface area (Å²) in [7, 11) is 0. The number of benzene rings is 1. The molecule has 0 spiro atoms. The molecule has 0 bridgehead atoms. The third-order valence-electron chi connectivity index (χ3n) is 3.10.